The van der Waals surface area contributed by atoms with Crippen molar-refractivity contribution in [3.63, 3.8) is 0 Å². The molecule has 2 unspecified atom stereocenters. The molecule has 2 aromatic heterocycles. The fourth-order valence-corrected chi connectivity index (χ4v) is 5.84. The van der Waals surface area contributed by atoms with Crippen LogP contribution in [0.2, 0.25) is 0 Å². The fourth-order valence-electron chi connectivity index (χ4n) is 5.84. The summed E-state index contributed by atoms with van der Waals surface area (Å²) in [6.45, 7) is 8.98. The standard InChI is InChI=1S/C25H30N6O/c1-16-11-29(21-10-23(32)28(3)24-20(21)5-4-8-27-24)13-22-19-7-6-18(9-17(19)12-31(16)22)30-14-25(2,26)15-30/h4-10,16,22H,11-15,26H2,1-3H3. The van der Waals surface area contributed by atoms with Gasteiger partial charge in [-0.25, -0.2) is 4.98 Å². The summed E-state index contributed by atoms with van der Waals surface area (Å²) in [5, 5.41) is 1.03. The van der Waals surface area contributed by atoms with Gasteiger partial charge in [0.2, 0.25) is 0 Å². The largest absolute Gasteiger partial charge is 0.368 e. The van der Waals surface area contributed by atoms with Crippen LogP contribution in [0, 0.1) is 0 Å². The van der Waals surface area contributed by atoms with Crippen molar-refractivity contribution in [3.8, 4) is 0 Å². The molecule has 3 aliphatic rings. The molecule has 2 N–H and O–H groups in total. The number of anilines is 2. The smallest absolute Gasteiger partial charge is 0.253 e. The molecule has 0 saturated carbocycles. The Balaban J connectivity index is 1.34. The molecular weight excluding hydrogens is 400 g/mol. The van der Waals surface area contributed by atoms with Crippen molar-refractivity contribution < 1.29 is 0 Å². The maximum Gasteiger partial charge on any atom is 0.253 e. The third kappa shape index (κ3) is 2.95. The maximum absolute atomic E-state index is 12.7. The second-order valence-corrected chi connectivity index (χ2v) is 10.1. The lowest BCUT2D eigenvalue weighted by atomic mass is 9.92. The number of fused-ring (bicyclic) bond motifs is 4. The number of hydrogen-bond donors (Lipinski definition) is 1. The summed E-state index contributed by atoms with van der Waals surface area (Å²) in [6.07, 6.45) is 1.75. The van der Waals surface area contributed by atoms with Gasteiger partial charge in [-0.2, -0.15) is 0 Å². The van der Waals surface area contributed by atoms with Gasteiger partial charge < -0.3 is 15.5 Å². The van der Waals surface area contributed by atoms with Crippen molar-refractivity contribution in [1.29, 1.82) is 0 Å². The Morgan fingerprint density at radius 1 is 1.12 bits per heavy atom. The van der Waals surface area contributed by atoms with E-state index < -0.39 is 0 Å². The molecule has 2 atom stereocenters. The van der Waals surface area contributed by atoms with E-state index in [9.17, 15) is 4.79 Å². The molecule has 3 aromatic rings. The number of benzene rings is 1. The lowest BCUT2D eigenvalue weighted by Gasteiger charge is -2.47. The third-order valence-electron chi connectivity index (χ3n) is 7.46. The number of nitrogens with zero attached hydrogens (tertiary/aromatic N) is 5. The first-order valence-corrected chi connectivity index (χ1v) is 11.4. The maximum atomic E-state index is 12.7. The summed E-state index contributed by atoms with van der Waals surface area (Å²) in [7, 11) is 1.79. The van der Waals surface area contributed by atoms with Crippen LogP contribution < -0.4 is 21.1 Å². The fraction of sp³-hybridized carbons (Fsp3) is 0.440. The van der Waals surface area contributed by atoms with Gasteiger partial charge in [0.1, 0.15) is 5.65 Å². The van der Waals surface area contributed by atoms with E-state index in [0.29, 0.717) is 12.1 Å². The molecule has 2 saturated heterocycles. The van der Waals surface area contributed by atoms with Crippen LogP contribution in [-0.4, -0.2) is 52.2 Å². The second-order valence-electron chi connectivity index (χ2n) is 10.1. The van der Waals surface area contributed by atoms with Crippen LogP contribution >= 0.6 is 0 Å². The molecule has 7 nitrogen and oxygen atoms in total. The van der Waals surface area contributed by atoms with Gasteiger partial charge in [0, 0.05) is 74.7 Å². The zero-order valence-corrected chi connectivity index (χ0v) is 19.0. The molecule has 3 aliphatic heterocycles. The molecule has 0 bridgehead atoms. The van der Waals surface area contributed by atoms with E-state index in [4.69, 9.17) is 5.73 Å². The zero-order valence-electron chi connectivity index (χ0n) is 19.0. The first-order valence-electron chi connectivity index (χ1n) is 11.4. The summed E-state index contributed by atoms with van der Waals surface area (Å²) in [5.41, 5.74) is 12.0. The number of nitrogens with two attached hydrogens (primary N) is 1. The molecule has 6 rings (SSSR count). The van der Waals surface area contributed by atoms with Gasteiger partial charge in [0.25, 0.3) is 5.56 Å². The summed E-state index contributed by atoms with van der Waals surface area (Å²) in [6, 6.07) is 13.4. The molecule has 32 heavy (non-hydrogen) atoms. The van der Waals surface area contributed by atoms with E-state index in [2.05, 4.69) is 57.8 Å². The van der Waals surface area contributed by atoms with Crippen molar-refractivity contribution >= 4 is 22.4 Å². The average Bonchev–Trinajstić information content (AvgIpc) is 3.13. The highest BCUT2D eigenvalue weighted by molar-refractivity contribution is 5.89. The Kier molecular flexibility index (Phi) is 4.20. The van der Waals surface area contributed by atoms with Crippen molar-refractivity contribution in [2.45, 2.75) is 38.0 Å². The van der Waals surface area contributed by atoms with Crippen molar-refractivity contribution in [2.24, 2.45) is 12.8 Å². The van der Waals surface area contributed by atoms with Gasteiger partial charge in [0.15, 0.2) is 0 Å². The van der Waals surface area contributed by atoms with Crippen LogP contribution in [0.15, 0.2) is 47.4 Å². The highest BCUT2D eigenvalue weighted by Gasteiger charge is 2.40. The molecule has 0 aliphatic carbocycles. The summed E-state index contributed by atoms with van der Waals surface area (Å²) >= 11 is 0. The van der Waals surface area contributed by atoms with Crippen LogP contribution in [-0.2, 0) is 13.6 Å². The van der Waals surface area contributed by atoms with Crippen molar-refractivity contribution in [3.05, 3.63) is 64.1 Å². The lowest BCUT2D eigenvalue weighted by molar-refractivity contribution is 0.134. The topological polar surface area (TPSA) is 70.6 Å². The van der Waals surface area contributed by atoms with E-state index in [-0.39, 0.29) is 11.1 Å². The molecule has 0 spiro atoms. The van der Waals surface area contributed by atoms with Gasteiger partial charge in [-0.3, -0.25) is 14.3 Å². The van der Waals surface area contributed by atoms with E-state index in [1.165, 1.54) is 16.8 Å². The Morgan fingerprint density at radius 3 is 2.72 bits per heavy atom. The van der Waals surface area contributed by atoms with E-state index in [0.717, 1.165) is 49.4 Å². The predicted octanol–water partition coefficient (Wildman–Crippen LogP) is 2.24. The number of hydrogen-bond acceptors (Lipinski definition) is 6. The van der Waals surface area contributed by atoms with Crippen LogP contribution in [0.3, 0.4) is 0 Å². The van der Waals surface area contributed by atoms with Gasteiger partial charge in [0.05, 0.1) is 11.7 Å². The highest BCUT2D eigenvalue weighted by atomic mass is 16.1. The molecule has 0 amide bonds. The monoisotopic (exact) mass is 430 g/mol. The Hall–Kier alpha value is -2.90. The minimum atomic E-state index is -0.0735. The summed E-state index contributed by atoms with van der Waals surface area (Å²) < 4.78 is 1.63. The number of aromatic nitrogens is 2. The normalized spacial score (nSPS) is 24.4. The summed E-state index contributed by atoms with van der Waals surface area (Å²) in [5.74, 6) is 0. The SMILES string of the molecule is CC1CN(c2cc(=O)n(C)c3ncccc23)CC2c3ccc(N4CC(C)(N)C4)cc3CN12. The van der Waals surface area contributed by atoms with E-state index in [1.54, 1.807) is 23.9 Å². The Bertz CT molecular complexity index is 1270. The van der Waals surface area contributed by atoms with Gasteiger partial charge in [-0.1, -0.05) is 6.07 Å². The van der Waals surface area contributed by atoms with Gasteiger partial charge in [-0.05, 0) is 49.2 Å². The second kappa shape index (κ2) is 6.80. The average molecular weight is 431 g/mol. The van der Waals surface area contributed by atoms with Gasteiger partial charge in [-0.15, -0.1) is 0 Å². The molecule has 5 heterocycles. The predicted molar refractivity (Wildman–Crippen MR) is 128 cm³/mol. The molecule has 0 radical (unpaired) electrons. The quantitative estimate of drug-likeness (QED) is 0.672. The van der Waals surface area contributed by atoms with Crippen molar-refractivity contribution in [2.75, 3.05) is 36.0 Å². The van der Waals surface area contributed by atoms with E-state index in [1.807, 2.05) is 6.07 Å². The molecule has 2 fully saturated rings. The van der Waals surface area contributed by atoms with Crippen molar-refractivity contribution in [1.82, 2.24) is 14.5 Å². The number of aryl methyl sites for hydroxylation is 1. The van der Waals surface area contributed by atoms with E-state index >= 15 is 0 Å². The first kappa shape index (κ1) is 19.8. The minimum absolute atomic E-state index is 0.0146. The minimum Gasteiger partial charge on any atom is -0.368 e. The molecular formula is C25H30N6O. The Morgan fingerprint density at radius 2 is 1.94 bits per heavy atom. The highest BCUT2D eigenvalue weighted by Crippen LogP contribution is 2.42. The Labute approximate surface area is 188 Å². The zero-order chi connectivity index (χ0) is 22.2. The molecule has 7 heteroatoms. The number of rotatable bonds is 2. The lowest BCUT2D eigenvalue weighted by Crippen LogP contribution is -2.65. The molecule has 166 valence electrons. The van der Waals surface area contributed by atoms with Gasteiger partial charge >= 0.3 is 0 Å². The van der Waals surface area contributed by atoms with Crippen LogP contribution in [0.25, 0.3) is 11.0 Å². The van der Waals surface area contributed by atoms with Crippen LogP contribution in [0.1, 0.15) is 31.0 Å². The summed E-state index contributed by atoms with van der Waals surface area (Å²) in [4.78, 5) is 24.5. The van der Waals surface area contributed by atoms with Crippen LogP contribution in [0.4, 0.5) is 11.4 Å². The van der Waals surface area contributed by atoms with Crippen LogP contribution in [0.5, 0.6) is 0 Å². The number of piperazine rings is 1. The molecule has 1 aromatic carbocycles. The first-order chi connectivity index (χ1) is 15.3. The number of pyridine rings is 2. The third-order valence-corrected chi connectivity index (χ3v) is 7.46.